The zero-order chi connectivity index (χ0) is 31.3. The number of ether oxygens (including phenoxy) is 2. The van der Waals surface area contributed by atoms with E-state index in [-0.39, 0.29) is 31.1 Å². The van der Waals surface area contributed by atoms with Gasteiger partial charge in [0.15, 0.2) is 0 Å². The molecule has 1 N–H and O–H groups in total. The molecule has 0 aromatic heterocycles. The third-order valence-electron chi connectivity index (χ3n) is 6.37. The molecule has 2 unspecified atom stereocenters. The van der Waals surface area contributed by atoms with E-state index in [2.05, 4.69) is 0 Å². The van der Waals surface area contributed by atoms with Crippen LogP contribution in [0.5, 0.6) is 0 Å². The van der Waals surface area contributed by atoms with Gasteiger partial charge in [0.25, 0.3) is 0 Å². The summed E-state index contributed by atoms with van der Waals surface area (Å²) >= 11 is 0. The minimum Gasteiger partial charge on any atom is -0.462 e. The Morgan fingerprint density at radius 1 is 1.43 bits per heavy atom. The molecule has 5 nitrogen and oxygen atoms in total. The fourth-order valence-electron chi connectivity index (χ4n) is 4.73. The fourth-order valence-corrected chi connectivity index (χ4v) is 4.73. The van der Waals surface area contributed by atoms with Crippen LogP contribution in [0.15, 0.2) is 23.8 Å². The maximum atomic E-state index is 13.6. The lowest BCUT2D eigenvalue weighted by atomic mass is 9.65. The highest BCUT2D eigenvalue weighted by atomic mass is 16.6. The summed E-state index contributed by atoms with van der Waals surface area (Å²) in [5, 5.41) is 9.99. The lowest BCUT2D eigenvalue weighted by molar-refractivity contribution is -0.166. The highest BCUT2D eigenvalue weighted by Gasteiger charge is 2.43. The molecule has 0 aromatic carbocycles. The Hall–Kier alpha value is -1.62. The predicted octanol–water partition coefficient (Wildman–Crippen LogP) is 4.59. The third-order valence-corrected chi connectivity index (χ3v) is 6.37. The minimum atomic E-state index is -3.51. The number of hydrogen-bond acceptors (Lipinski definition) is 5. The van der Waals surface area contributed by atoms with Crippen LogP contribution in [0.2, 0.25) is 0 Å². The Balaban J connectivity index is 2.00. The molecule has 168 valence electrons. The van der Waals surface area contributed by atoms with Gasteiger partial charge in [-0.2, -0.15) is 0 Å². The number of fused-ring (bicyclic) bond motifs is 1. The van der Waals surface area contributed by atoms with Gasteiger partial charge in [-0.25, -0.2) is 0 Å². The zero-order valence-electron chi connectivity index (χ0n) is 28.4. The summed E-state index contributed by atoms with van der Waals surface area (Å²) in [5.41, 5.74) is -2.53. The minimum absolute atomic E-state index is 0.0882. The van der Waals surface area contributed by atoms with E-state index in [4.69, 9.17) is 24.6 Å². The monoisotopic (exact) mass is 429 g/mol. The summed E-state index contributed by atoms with van der Waals surface area (Å²) in [6.45, 7) is -6.76. The molecule has 1 heterocycles. The first kappa shape index (κ1) is 12.4. The van der Waals surface area contributed by atoms with Crippen LogP contribution in [0.3, 0.4) is 0 Å². The number of allylic oxidation sites excluding steroid dienone is 3. The van der Waals surface area contributed by atoms with Crippen LogP contribution in [0.4, 0.5) is 0 Å². The van der Waals surface area contributed by atoms with E-state index in [9.17, 15) is 14.7 Å². The zero-order valence-corrected chi connectivity index (χ0v) is 17.4. The molecule has 3 aliphatic rings. The van der Waals surface area contributed by atoms with E-state index in [1.165, 1.54) is 0 Å². The van der Waals surface area contributed by atoms with Crippen molar-refractivity contribution in [1.29, 1.82) is 0 Å². The van der Waals surface area contributed by atoms with Crippen molar-refractivity contribution in [2.24, 2.45) is 29.1 Å². The topological polar surface area (TPSA) is 72.8 Å². The van der Waals surface area contributed by atoms with Gasteiger partial charge >= 0.3 is 11.9 Å². The first-order valence-corrected chi connectivity index (χ1v) is 10.5. The quantitative estimate of drug-likeness (QED) is 0.625. The van der Waals surface area contributed by atoms with E-state index < -0.39 is 74.4 Å². The molecule has 8 atom stereocenters. The normalized spacial score (nSPS) is 45.3. The summed E-state index contributed by atoms with van der Waals surface area (Å²) in [5.74, 6) is -4.16. The largest absolute Gasteiger partial charge is 0.462 e. The van der Waals surface area contributed by atoms with E-state index in [0.717, 1.165) is 0 Å². The molecule has 0 amide bonds. The molecule has 1 aliphatic heterocycles. The molecule has 0 aromatic rings. The van der Waals surface area contributed by atoms with Crippen molar-refractivity contribution in [2.45, 2.75) is 91.2 Å². The van der Waals surface area contributed by atoms with Crippen molar-refractivity contribution in [3.8, 4) is 0 Å². The van der Waals surface area contributed by atoms with Crippen LogP contribution in [-0.4, -0.2) is 35.4 Å². The summed E-state index contributed by atoms with van der Waals surface area (Å²) in [6, 6.07) is 0. The Morgan fingerprint density at radius 3 is 2.97 bits per heavy atom. The number of hydrogen-bond donors (Lipinski definition) is 1. The van der Waals surface area contributed by atoms with Crippen molar-refractivity contribution in [3.63, 3.8) is 0 Å². The molecule has 0 spiro atoms. The fraction of sp³-hybridized carbons (Fsp3) is 0.760. The van der Waals surface area contributed by atoms with Gasteiger partial charge in [0.2, 0.25) is 0 Å². The van der Waals surface area contributed by atoms with Crippen molar-refractivity contribution >= 4 is 11.9 Å². The van der Waals surface area contributed by atoms with Crippen molar-refractivity contribution in [2.75, 3.05) is 0 Å². The first-order chi connectivity index (χ1) is 18.5. The van der Waals surface area contributed by atoms with Crippen molar-refractivity contribution in [3.05, 3.63) is 23.8 Å². The van der Waals surface area contributed by atoms with Crippen LogP contribution in [-0.2, 0) is 19.1 Å². The molecule has 1 saturated heterocycles. The molecule has 0 saturated carbocycles. The number of esters is 2. The number of aliphatic hydroxyl groups is 1. The van der Waals surface area contributed by atoms with Crippen LogP contribution in [0, 0.1) is 29.1 Å². The molecule has 5 heteroatoms. The highest BCUT2D eigenvalue weighted by Crippen LogP contribution is 2.45. The SMILES string of the molecule is [2H]C([2H])([2H])[C@H]1C=C2C=C[C@H](C)[C@H](CCC3C[C@@H](O)CC(=O)O3)[C@H]2[C@@H](OC(=O)C(C)(C([2H])([2H])[2H])C([2H])([2H])C([2H])([2H])[2H])C1. The van der Waals surface area contributed by atoms with Gasteiger partial charge in [-0.15, -0.1) is 0 Å². The number of cyclic esters (lactones) is 1. The number of carbonyl (C=O) groups excluding carboxylic acids is 2. The molecular formula is C25H38O5. The molecule has 0 radical (unpaired) electrons. The van der Waals surface area contributed by atoms with Crippen molar-refractivity contribution in [1.82, 2.24) is 0 Å². The average molecular weight is 430 g/mol. The second kappa shape index (κ2) is 9.25. The van der Waals surface area contributed by atoms with E-state index >= 15 is 0 Å². The van der Waals surface area contributed by atoms with E-state index in [1.54, 1.807) is 12.2 Å². The lowest BCUT2D eigenvalue weighted by Gasteiger charge is -2.44. The van der Waals surface area contributed by atoms with Gasteiger partial charge in [-0.3, -0.25) is 9.59 Å². The molecule has 1 fully saturated rings. The molecule has 2 aliphatic carbocycles. The average Bonchev–Trinajstić information content (AvgIpc) is 2.80. The van der Waals surface area contributed by atoms with Crippen LogP contribution >= 0.6 is 0 Å². The van der Waals surface area contributed by atoms with E-state index in [0.29, 0.717) is 25.3 Å². The Bertz CT molecular complexity index is 1060. The van der Waals surface area contributed by atoms with Crippen LogP contribution < -0.4 is 0 Å². The van der Waals surface area contributed by atoms with Gasteiger partial charge < -0.3 is 14.6 Å². The number of carbonyl (C=O) groups is 2. The van der Waals surface area contributed by atoms with Gasteiger partial charge in [-0.05, 0) is 62.7 Å². The Kier molecular flexibility index (Phi) is 3.83. The van der Waals surface area contributed by atoms with Crippen LogP contribution in [0.25, 0.3) is 0 Å². The maximum absolute atomic E-state index is 13.6. The summed E-state index contributed by atoms with van der Waals surface area (Å²) < 4.78 is 98.2. The third kappa shape index (κ3) is 5.16. The maximum Gasteiger partial charge on any atom is 0.311 e. The standard InChI is InChI=1S/C25H38O5/c1-6-25(4,5)24(28)30-21-12-15(2)11-17-8-7-16(3)20(23(17)21)10-9-19-13-18(26)14-22(27)29-19/h7-8,11,15-16,18-21,23,26H,6,9-10,12-14H2,1-5H3/t15-,16-,18+,19?,20-,21-,23-/m0/s1/i1D3,2D3,4D3,6D2/t15-,16-,18+,19?,20-,21-,23-,25?. The van der Waals surface area contributed by atoms with Gasteiger partial charge in [-0.1, -0.05) is 38.9 Å². The number of rotatable bonds is 6. The first-order valence-electron chi connectivity index (χ1n) is 16.0. The summed E-state index contributed by atoms with van der Waals surface area (Å²) in [4.78, 5) is 25.5. The second-order valence-electron chi connectivity index (χ2n) is 8.89. The lowest BCUT2D eigenvalue weighted by Crippen LogP contribution is -2.43. The van der Waals surface area contributed by atoms with Crippen LogP contribution in [0.1, 0.15) is 88.0 Å². The smallest absolute Gasteiger partial charge is 0.311 e. The van der Waals surface area contributed by atoms with E-state index in [1.807, 2.05) is 13.0 Å². The molecule has 3 rings (SSSR count). The summed E-state index contributed by atoms with van der Waals surface area (Å²) in [6.07, 6.45) is -0.101. The molecule has 0 bridgehead atoms. The Morgan fingerprint density at radius 2 is 2.27 bits per heavy atom. The van der Waals surface area contributed by atoms with Gasteiger partial charge in [0.05, 0.1) is 17.9 Å². The van der Waals surface area contributed by atoms with Gasteiger partial charge in [0, 0.05) is 27.4 Å². The Labute approximate surface area is 196 Å². The highest BCUT2D eigenvalue weighted by molar-refractivity contribution is 5.76. The second-order valence-corrected chi connectivity index (χ2v) is 8.89. The number of aliphatic hydroxyl groups excluding tert-OH is 1. The van der Waals surface area contributed by atoms with Gasteiger partial charge in [0.1, 0.15) is 12.2 Å². The molecule has 30 heavy (non-hydrogen) atoms. The predicted molar refractivity (Wildman–Crippen MR) is 115 cm³/mol. The van der Waals surface area contributed by atoms with Crippen molar-refractivity contribution < 1.29 is 39.2 Å². The summed E-state index contributed by atoms with van der Waals surface area (Å²) in [7, 11) is 0. The molecular weight excluding hydrogens is 380 g/mol.